The van der Waals surface area contributed by atoms with Crippen LogP contribution in [-0.4, -0.2) is 0 Å². The molecule has 58 heavy (non-hydrogen) atoms. The Morgan fingerprint density at radius 1 is 0.190 bits per heavy atom. The molecule has 0 N–H and O–H groups in total. The Balaban J connectivity index is 1.18. The molecular formula is C58H28. The lowest BCUT2D eigenvalue weighted by Gasteiger charge is -2.16. The van der Waals surface area contributed by atoms with E-state index in [0.717, 1.165) is 0 Å². The van der Waals surface area contributed by atoms with Gasteiger partial charge >= 0.3 is 0 Å². The summed E-state index contributed by atoms with van der Waals surface area (Å²) < 4.78 is 0. The minimum atomic E-state index is 1.27. The van der Waals surface area contributed by atoms with E-state index in [9.17, 15) is 0 Å². The molecule has 0 bridgehead atoms. The summed E-state index contributed by atoms with van der Waals surface area (Å²) in [7, 11) is 0. The zero-order valence-electron chi connectivity index (χ0n) is 31.2. The van der Waals surface area contributed by atoms with E-state index in [-0.39, 0.29) is 0 Å². The van der Waals surface area contributed by atoms with Crippen molar-refractivity contribution in [3.63, 3.8) is 0 Å². The van der Waals surface area contributed by atoms with Crippen molar-refractivity contribution < 1.29 is 0 Å². The van der Waals surface area contributed by atoms with Crippen LogP contribution in [0.3, 0.4) is 0 Å². The van der Waals surface area contributed by atoms with E-state index in [4.69, 9.17) is 0 Å². The zero-order valence-corrected chi connectivity index (χ0v) is 31.2. The van der Waals surface area contributed by atoms with Crippen LogP contribution in [-0.2, 0) is 0 Å². The molecule has 0 fully saturated rings. The van der Waals surface area contributed by atoms with Crippen molar-refractivity contribution in [2.45, 2.75) is 0 Å². The summed E-state index contributed by atoms with van der Waals surface area (Å²) in [4.78, 5) is 0. The quantitative estimate of drug-likeness (QED) is 0.117. The average Bonchev–Trinajstić information content (AvgIpc) is 4.00. The Morgan fingerprint density at radius 3 is 1.29 bits per heavy atom. The Labute approximate surface area is 331 Å². The Bertz CT molecular complexity index is 4260. The summed E-state index contributed by atoms with van der Waals surface area (Å²) in [5.41, 5.74) is 8.03. The normalized spacial score (nSPS) is 13.2. The molecule has 0 saturated carbocycles. The van der Waals surface area contributed by atoms with Crippen molar-refractivity contribution in [1.29, 1.82) is 0 Å². The first-order chi connectivity index (χ1) is 28.8. The molecule has 0 radical (unpaired) electrons. The molecule has 15 aromatic carbocycles. The second-order valence-corrected chi connectivity index (χ2v) is 16.9. The average molecular weight is 725 g/mol. The molecule has 0 aliphatic heterocycles. The molecule has 0 heteroatoms. The van der Waals surface area contributed by atoms with Crippen LogP contribution in [0.5, 0.6) is 0 Å². The van der Waals surface area contributed by atoms with Crippen molar-refractivity contribution in [1.82, 2.24) is 0 Å². The van der Waals surface area contributed by atoms with Crippen LogP contribution < -0.4 is 0 Å². The molecule has 0 saturated heterocycles. The first kappa shape index (κ1) is 28.8. The summed E-state index contributed by atoms with van der Waals surface area (Å²) in [5.74, 6) is 0. The molecule has 1 aliphatic carbocycles. The summed E-state index contributed by atoms with van der Waals surface area (Å²) in [6, 6.07) is 65.1. The van der Waals surface area contributed by atoms with Gasteiger partial charge in [0.1, 0.15) is 0 Å². The summed E-state index contributed by atoms with van der Waals surface area (Å²) in [6.07, 6.45) is 0. The number of hydrogen-bond donors (Lipinski definition) is 0. The highest BCUT2D eigenvalue weighted by atomic mass is 14.3. The number of fused-ring (bicyclic) bond motifs is 16. The van der Waals surface area contributed by atoms with Crippen molar-refractivity contribution in [3.05, 3.63) is 170 Å². The molecule has 0 unspecified atom stereocenters. The summed E-state index contributed by atoms with van der Waals surface area (Å²) >= 11 is 0. The van der Waals surface area contributed by atoms with Crippen LogP contribution in [0.1, 0.15) is 0 Å². The van der Waals surface area contributed by atoms with E-state index in [0.29, 0.717) is 0 Å². The van der Waals surface area contributed by atoms with Gasteiger partial charge in [0.15, 0.2) is 0 Å². The van der Waals surface area contributed by atoms with Crippen LogP contribution in [0.15, 0.2) is 170 Å². The van der Waals surface area contributed by atoms with Gasteiger partial charge in [0.25, 0.3) is 0 Å². The molecular weight excluding hydrogens is 697 g/mol. The predicted molar refractivity (Wildman–Crippen MR) is 251 cm³/mol. The first-order valence-electron chi connectivity index (χ1n) is 20.5. The Morgan fingerprint density at radius 2 is 0.603 bits per heavy atom. The molecule has 0 aromatic heterocycles. The molecule has 0 atom stereocenters. The van der Waals surface area contributed by atoms with Gasteiger partial charge in [0.05, 0.1) is 0 Å². The second-order valence-electron chi connectivity index (χ2n) is 16.9. The highest BCUT2D eigenvalue weighted by Crippen LogP contribution is 2.58. The molecule has 260 valence electrons. The lowest BCUT2D eigenvalue weighted by atomic mass is 9.87. The first-order valence-corrected chi connectivity index (χ1v) is 20.5. The lowest BCUT2D eigenvalue weighted by Crippen LogP contribution is -1.88. The van der Waals surface area contributed by atoms with Gasteiger partial charge in [-0.05, 0) is 169 Å². The van der Waals surface area contributed by atoms with Crippen LogP contribution in [0.4, 0.5) is 0 Å². The van der Waals surface area contributed by atoms with Crippen molar-refractivity contribution in [2.75, 3.05) is 0 Å². The fourth-order valence-electron chi connectivity index (χ4n) is 12.5. The van der Waals surface area contributed by atoms with Gasteiger partial charge < -0.3 is 0 Å². The smallest absolute Gasteiger partial charge is 0.000674 e. The van der Waals surface area contributed by atoms with E-state index < -0.39 is 0 Å². The third-order valence-electron chi connectivity index (χ3n) is 14.5. The van der Waals surface area contributed by atoms with Crippen LogP contribution in [0, 0.1) is 0 Å². The second kappa shape index (κ2) is 9.52. The highest BCUT2D eigenvalue weighted by Gasteiger charge is 2.30. The molecule has 0 spiro atoms. The third kappa shape index (κ3) is 3.01. The molecule has 0 nitrogen and oxygen atoms in total. The van der Waals surface area contributed by atoms with Gasteiger partial charge in [-0.3, -0.25) is 0 Å². The topological polar surface area (TPSA) is 0 Å². The van der Waals surface area contributed by atoms with E-state index in [2.05, 4.69) is 170 Å². The number of rotatable bonds is 1. The van der Waals surface area contributed by atoms with E-state index in [1.807, 2.05) is 0 Å². The minimum absolute atomic E-state index is 1.27. The fraction of sp³-hybridized carbons (Fsp3) is 0. The van der Waals surface area contributed by atoms with Crippen LogP contribution >= 0.6 is 0 Å². The maximum Gasteiger partial charge on any atom is -0.000674 e. The molecule has 15 aromatic rings. The standard InChI is InChI=1S/C58H28/c1-2-10-30(11-3-1)48-46-28-45-35-18-8-12-29-13-9-19-42(47(29)35)53(45)54-33-16-6-7-17-34(33)55(58(46)54)57-44-27-25-41-39-23-21-37-32-15-5-4-14-31(32)36-20-22-38(50(39)49(36)37)40-24-26-43(56(48)57)52(44)51(40)41/h1-28H. The Kier molecular flexibility index (Phi) is 4.73. The van der Waals surface area contributed by atoms with Gasteiger partial charge in [0.2, 0.25) is 0 Å². The van der Waals surface area contributed by atoms with Crippen molar-refractivity contribution in [3.8, 4) is 33.4 Å². The maximum absolute atomic E-state index is 2.57. The van der Waals surface area contributed by atoms with E-state index >= 15 is 0 Å². The van der Waals surface area contributed by atoms with E-state index in [1.54, 1.807) is 0 Å². The summed E-state index contributed by atoms with van der Waals surface area (Å²) in [6.45, 7) is 0. The molecule has 16 rings (SSSR count). The predicted octanol–water partition coefficient (Wildman–Crippen LogP) is 16.6. The maximum atomic E-state index is 2.57. The number of hydrogen-bond acceptors (Lipinski definition) is 0. The monoisotopic (exact) mass is 724 g/mol. The molecule has 0 heterocycles. The minimum Gasteiger partial charge on any atom is -0.0622 e. The summed E-state index contributed by atoms with van der Waals surface area (Å²) in [5, 5.41) is 32.8. The Hall–Kier alpha value is -7.54. The van der Waals surface area contributed by atoms with Crippen LogP contribution in [0.2, 0.25) is 0 Å². The molecule has 0 amide bonds. The van der Waals surface area contributed by atoms with Gasteiger partial charge in [-0.2, -0.15) is 0 Å². The lowest BCUT2D eigenvalue weighted by molar-refractivity contribution is 1.70. The fourth-order valence-corrected chi connectivity index (χ4v) is 12.5. The van der Waals surface area contributed by atoms with Gasteiger partial charge in [-0.1, -0.05) is 164 Å². The highest BCUT2D eigenvalue weighted by molar-refractivity contribution is 6.54. The van der Waals surface area contributed by atoms with Crippen molar-refractivity contribution in [2.24, 2.45) is 0 Å². The van der Waals surface area contributed by atoms with Crippen LogP contribution in [0.25, 0.3) is 163 Å². The van der Waals surface area contributed by atoms with Gasteiger partial charge in [-0.15, -0.1) is 0 Å². The van der Waals surface area contributed by atoms with Gasteiger partial charge in [-0.25, -0.2) is 0 Å². The third-order valence-corrected chi connectivity index (χ3v) is 14.5. The van der Waals surface area contributed by atoms with E-state index in [1.165, 1.54) is 163 Å². The molecule has 1 aliphatic rings. The zero-order chi connectivity index (χ0) is 37.1. The SMILES string of the molecule is c1ccc(-c2c3cc4c5cccc6cccc(c65)c4c4c5ccccc5c(c5c6ccc7c8ccc9c%10c(ccc(c%11ccc(c25)c6c%117)c%108)-c2ccccc2-9)c34)cc1. The van der Waals surface area contributed by atoms with Gasteiger partial charge in [0, 0.05) is 0 Å². The van der Waals surface area contributed by atoms with Crippen molar-refractivity contribution >= 4 is 129 Å². The number of benzene rings is 12. The largest absolute Gasteiger partial charge is 0.0622 e.